The van der Waals surface area contributed by atoms with Crippen LogP contribution in [0.2, 0.25) is 5.02 Å². The number of methoxy groups -OCH3 is 1. The molecule has 3 N–H and O–H groups in total. The minimum atomic E-state index is -0.655. The van der Waals surface area contributed by atoms with E-state index in [1.54, 1.807) is 36.4 Å². The van der Waals surface area contributed by atoms with Crippen LogP contribution in [0, 0.1) is 0 Å². The number of rotatable bonds is 5. The lowest BCUT2D eigenvalue weighted by Crippen LogP contribution is -2.24. The molecule has 0 aliphatic heterocycles. The molecule has 27 heavy (non-hydrogen) atoms. The van der Waals surface area contributed by atoms with Gasteiger partial charge in [0.05, 0.1) is 18.5 Å². The average Bonchev–Trinajstić information content (AvgIpc) is 2.65. The van der Waals surface area contributed by atoms with Crippen LogP contribution >= 0.6 is 11.6 Å². The predicted molar refractivity (Wildman–Crippen MR) is 107 cm³/mol. The number of urea groups is 1. The van der Waals surface area contributed by atoms with Crippen LogP contribution in [0.15, 0.2) is 51.7 Å². The van der Waals surface area contributed by atoms with Crippen molar-refractivity contribution in [1.29, 1.82) is 0 Å². The molecule has 8 heteroatoms. The van der Waals surface area contributed by atoms with E-state index in [2.05, 4.69) is 16.0 Å². The number of hydrogen-bond donors (Lipinski definition) is 3. The van der Waals surface area contributed by atoms with Crippen LogP contribution in [0.3, 0.4) is 0 Å². The first kappa shape index (κ1) is 18.6. The van der Waals surface area contributed by atoms with Crippen LogP contribution in [0.25, 0.3) is 11.0 Å². The molecule has 0 radical (unpaired) electrons. The highest BCUT2D eigenvalue weighted by atomic mass is 35.5. The Bertz CT molecular complexity index is 1050. The van der Waals surface area contributed by atoms with Crippen molar-refractivity contribution in [2.24, 2.45) is 0 Å². The van der Waals surface area contributed by atoms with Gasteiger partial charge in [-0.1, -0.05) is 23.7 Å². The molecular weight excluding hydrogens is 370 g/mol. The van der Waals surface area contributed by atoms with Crippen LogP contribution in [-0.2, 0) is 0 Å². The van der Waals surface area contributed by atoms with E-state index in [1.165, 1.54) is 7.11 Å². The van der Waals surface area contributed by atoms with Gasteiger partial charge in [0.1, 0.15) is 11.3 Å². The van der Waals surface area contributed by atoms with Crippen molar-refractivity contribution in [2.45, 2.75) is 6.92 Å². The van der Waals surface area contributed by atoms with E-state index in [4.69, 9.17) is 20.8 Å². The monoisotopic (exact) mass is 387 g/mol. The zero-order valence-corrected chi connectivity index (χ0v) is 15.5. The summed E-state index contributed by atoms with van der Waals surface area (Å²) < 4.78 is 10.5. The van der Waals surface area contributed by atoms with Crippen LogP contribution in [0.5, 0.6) is 5.75 Å². The first-order valence-electron chi connectivity index (χ1n) is 8.24. The van der Waals surface area contributed by atoms with E-state index >= 15 is 0 Å². The Labute approximate surface area is 160 Å². The number of fused-ring (bicyclic) bond motifs is 1. The summed E-state index contributed by atoms with van der Waals surface area (Å²) in [4.78, 5) is 24.9. The fourth-order valence-electron chi connectivity index (χ4n) is 2.67. The van der Waals surface area contributed by atoms with Gasteiger partial charge in [-0.2, -0.15) is 0 Å². The lowest BCUT2D eigenvalue weighted by molar-refractivity contribution is 0.262. The second-order valence-corrected chi connectivity index (χ2v) is 6.03. The van der Waals surface area contributed by atoms with Gasteiger partial charge < -0.3 is 19.8 Å². The lowest BCUT2D eigenvalue weighted by Gasteiger charge is -2.15. The summed E-state index contributed by atoms with van der Waals surface area (Å²) in [6.07, 6.45) is 0. The van der Waals surface area contributed by atoms with Crippen molar-refractivity contribution < 1.29 is 13.9 Å². The predicted octanol–water partition coefficient (Wildman–Crippen LogP) is 4.53. The van der Waals surface area contributed by atoms with Crippen molar-refractivity contribution in [3.05, 3.63) is 57.9 Å². The highest BCUT2D eigenvalue weighted by molar-refractivity contribution is 6.31. The van der Waals surface area contributed by atoms with Crippen molar-refractivity contribution in [1.82, 2.24) is 0 Å². The second-order valence-electron chi connectivity index (χ2n) is 5.59. The summed E-state index contributed by atoms with van der Waals surface area (Å²) in [5.41, 5.74) is 0.669. The van der Waals surface area contributed by atoms with Gasteiger partial charge in [0, 0.05) is 17.0 Å². The van der Waals surface area contributed by atoms with Crippen LogP contribution < -0.4 is 26.3 Å². The van der Waals surface area contributed by atoms with Crippen LogP contribution in [0.1, 0.15) is 6.92 Å². The third-order valence-electron chi connectivity index (χ3n) is 3.81. The Morgan fingerprint density at radius 3 is 2.67 bits per heavy atom. The minimum Gasteiger partial charge on any atom is -0.495 e. The van der Waals surface area contributed by atoms with Crippen LogP contribution in [-0.4, -0.2) is 19.7 Å². The summed E-state index contributed by atoms with van der Waals surface area (Å²) in [7, 11) is 1.48. The molecule has 0 saturated carbocycles. The number of carbonyl (C=O) groups is 1. The number of hydrogen-bond acceptors (Lipinski definition) is 5. The Kier molecular flexibility index (Phi) is 5.52. The van der Waals surface area contributed by atoms with E-state index in [-0.39, 0.29) is 5.69 Å². The molecule has 0 aliphatic rings. The lowest BCUT2D eigenvalue weighted by atomic mass is 10.2. The molecule has 2 amide bonds. The number of carbonyl (C=O) groups excluding carboxylic acids is 1. The molecule has 1 heterocycles. The molecule has 0 spiro atoms. The molecule has 0 fully saturated rings. The van der Waals surface area contributed by atoms with Crippen molar-refractivity contribution >= 4 is 45.7 Å². The topological polar surface area (TPSA) is 92.6 Å². The molecule has 0 bridgehead atoms. The second kappa shape index (κ2) is 8.01. The van der Waals surface area contributed by atoms with E-state index in [0.717, 1.165) is 0 Å². The van der Waals surface area contributed by atoms with Crippen LogP contribution in [0.4, 0.5) is 21.9 Å². The normalized spacial score (nSPS) is 10.5. The summed E-state index contributed by atoms with van der Waals surface area (Å²) in [6, 6.07) is 11.3. The van der Waals surface area contributed by atoms with Crippen molar-refractivity contribution in [3.63, 3.8) is 0 Å². The Balaban J connectivity index is 1.95. The maximum Gasteiger partial charge on any atom is 0.362 e. The first-order valence-corrected chi connectivity index (χ1v) is 8.62. The Hall–Kier alpha value is -3.19. The molecule has 1 aromatic heterocycles. The Morgan fingerprint density at radius 1 is 1.15 bits per heavy atom. The number of nitrogens with one attached hydrogen (secondary N) is 3. The summed E-state index contributed by atoms with van der Waals surface area (Å²) in [5, 5.41) is 9.42. The minimum absolute atomic E-state index is 0.0223. The summed E-state index contributed by atoms with van der Waals surface area (Å²) >= 11 is 5.97. The summed E-state index contributed by atoms with van der Waals surface area (Å²) in [5.74, 6) is 0.437. The number of para-hydroxylation sites is 1. The van der Waals surface area contributed by atoms with Gasteiger partial charge in [0.15, 0.2) is 5.69 Å². The first-order chi connectivity index (χ1) is 13.0. The molecule has 140 valence electrons. The van der Waals surface area contributed by atoms with Gasteiger partial charge in [-0.05, 0) is 37.3 Å². The fourth-order valence-corrected chi connectivity index (χ4v) is 2.84. The number of benzene rings is 2. The molecule has 0 saturated heterocycles. The van der Waals surface area contributed by atoms with Gasteiger partial charge in [0.25, 0.3) is 0 Å². The van der Waals surface area contributed by atoms with E-state index in [0.29, 0.717) is 39.7 Å². The molecule has 3 aromatic rings. The SMILES string of the molecule is CCNc1c(NC(=O)Nc2cc(Cl)ccc2OC)c(=O)oc2ccccc12. The highest BCUT2D eigenvalue weighted by Gasteiger charge is 2.17. The fraction of sp³-hybridized carbons (Fsp3) is 0.158. The quantitative estimate of drug-likeness (QED) is 0.559. The molecule has 7 nitrogen and oxygen atoms in total. The third kappa shape index (κ3) is 3.98. The van der Waals surface area contributed by atoms with Crippen molar-refractivity contribution in [2.75, 3.05) is 29.6 Å². The maximum atomic E-state index is 12.5. The van der Waals surface area contributed by atoms with Gasteiger partial charge in [-0.25, -0.2) is 9.59 Å². The van der Waals surface area contributed by atoms with E-state index in [1.807, 2.05) is 13.0 Å². The number of halogens is 1. The largest absolute Gasteiger partial charge is 0.495 e. The van der Waals surface area contributed by atoms with E-state index in [9.17, 15) is 9.59 Å². The maximum absolute atomic E-state index is 12.5. The van der Waals surface area contributed by atoms with Gasteiger partial charge in [-0.15, -0.1) is 0 Å². The highest BCUT2D eigenvalue weighted by Crippen LogP contribution is 2.30. The Morgan fingerprint density at radius 2 is 1.93 bits per heavy atom. The standard InChI is InChI=1S/C19H18ClN3O4/c1-3-21-16-12-6-4-5-7-14(12)27-18(24)17(16)23-19(25)22-13-10-11(20)8-9-15(13)26-2/h4-10,21H,3H2,1-2H3,(H2,22,23,25). The summed E-state index contributed by atoms with van der Waals surface area (Å²) in [6.45, 7) is 2.45. The zero-order chi connectivity index (χ0) is 19.4. The van der Waals surface area contributed by atoms with Crippen molar-refractivity contribution in [3.8, 4) is 5.75 Å². The third-order valence-corrected chi connectivity index (χ3v) is 4.05. The molecule has 0 atom stereocenters. The number of anilines is 3. The molecule has 0 aliphatic carbocycles. The molecular formula is C19H18ClN3O4. The number of ether oxygens (including phenoxy) is 1. The van der Waals surface area contributed by atoms with Gasteiger partial charge in [-0.3, -0.25) is 5.32 Å². The average molecular weight is 388 g/mol. The molecule has 0 unspecified atom stereocenters. The smallest absolute Gasteiger partial charge is 0.362 e. The zero-order valence-electron chi connectivity index (χ0n) is 14.8. The molecule has 3 rings (SSSR count). The van der Waals surface area contributed by atoms with Gasteiger partial charge >= 0.3 is 11.7 Å². The van der Waals surface area contributed by atoms with E-state index < -0.39 is 11.7 Å². The molecule has 2 aromatic carbocycles. The van der Waals surface area contributed by atoms with Gasteiger partial charge in [0.2, 0.25) is 0 Å². The number of amides is 2.